The zero-order valence-electron chi connectivity index (χ0n) is 8.08. The highest BCUT2D eigenvalue weighted by atomic mass is 79.9. The first-order valence-electron chi connectivity index (χ1n) is 4.31. The number of aromatic nitrogens is 2. The maximum atomic E-state index is 11.8. The van der Waals surface area contributed by atoms with E-state index >= 15 is 0 Å². The molecule has 1 amide bonds. The van der Waals surface area contributed by atoms with Crippen LogP contribution in [0.2, 0.25) is 0 Å². The molecule has 1 N–H and O–H groups in total. The van der Waals surface area contributed by atoms with Gasteiger partial charge in [-0.15, -0.1) is 11.3 Å². The fourth-order valence-electron chi connectivity index (χ4n) is 1.04. The van der Waals surface area contributed by atoms with Crippen LogP contribution < -0.4 is 5.32 Å². The van der Waals surface area contributed by atoms with Crippen LogP contribution in [0.15, 0.2) is 31.3 Å². The lowest BCUT2D eigenvalue weighted by Crippen LogP contribution is -2.12. The van der Waals surface area contributed by atoms with Gasteiger partial charge in [0.1, 0.15) is 9.21 Å². The van der Waals surface area contributed by atoms with E-state index < -0.39 is 0 Å². The van der Waals surface area contributed by atoms with Crippen molar-refractivity contribution in [2.45, 2.75) is 0 Å². The number of hydrogen-bond acceptors (Lipinski definition) is 4. The van der Waals surface area contributed by atoms with Gasteiger partial charge in [-0.05, 0) is 59.9 Å². The summed E-state index contributed by atoms with van der Waals surface area (Å²) in [4.78, 5) is 20.6. The molecule has 88 valence electrons. The fourth-order valence-corrected chi connectivity index (χ4v) is 3.23. The molecule has 0 aliphatic rings. The standard InChI is InChI=1S/C9H4Br3N3OS/c10-5-3-13-8(7(12)14-5)15-9(16)4-1-2-6(11)17-4/h1-3H,(H,13,15,16). The Bertz CT molecular complexity index is 572. The lowest BCUT2D eigenvalue weighted by Gasteiger charge is -2.04. The van der Waals surface area contributed by atoms with Crippen LogP contribution in [0.3, 0.4) is 0 Å². The van der Waals surface area contributed by atoms with Gasteiger partial charge in [-0.25, -0.2) is 9.97 Å². The van der Waals surface area contributed by atoms with Gasteiger partial charge >= 0.3 is 0 Å². The average molecular weight is 442 g/mol. The Morgan fingerprint density at radius 1 is 1.29 bits per heavy atom. The van der Waals surface area contributed by atoms with E-state index in [9.17, 15) is 4.79 Å². The van der Waals surface area contributed by atoms with Crippen molar-refractivity contribution in [3.05, 3.63) is 36.2 Å². The fraction of sp³-hybridized carbons (Fsp3) is 0. The summed E-state index contributed by atoms with van der Waals surface area (Å²) in [6, 6.07) is 3.56. The molecule has 0 bridgehead atoms. The van der Waals surface area contributed by atoms with E-state index in [0.717, 1.165) is 3.79 Å². The van der Waals surface area contributed by atoms with Crippen LogP contribution in [0.1, 0.15) is 9.67 Å². The molecule has 0 aliphatic heterocycles. The number of thiophene rings is 1. The number of carbonyl (C=O) groups is 1. The van der Waals surface area contributed by atoms with Crippen LogP contribution in [-0.4, -0.2) is 15.9 Å². The van der Waals surface area contributed by atoms with E-state index in [1.165, 1.54) is 17.5 Å². The number of rotatable bonds is 2. The lowest BCUT2D eigenvalue weighted by molar-refractivity contribution is 0.103. The molecule has 0 unspecified atom stereocenters. The minimum atomic E-state index is -0.210. The zero-order chi connectivity index (χ0) is 12.4. The minimum Gasteiger partial charge on any atom is -0.304 e. The Balaban J connectivity index is 2.18. The predicted molar refractivity (Wildman–Crippen MR) is 77.4 cm³/mol. The highest BCUT2D eigenvalue weighted by Crippen LogP contribution is 2.24. The quantitative estimate of drug-likeness (QED) is 0.764. The molecule has 4 nitrogen and oxygen atoms in total. The molecule has 8 heteroatoms. The summed E-state index contributed by atoms with van der Waals surface area (Å²) in [6.07, 6.45) is 1.52. The molecule has 2 aromatic heterocycles. The summed E-state index contributed by atoms with van der Waals surface area (Å²) < 4.78 is 1.99. The smallest absolute Gasteiger partial charge is 0.266 e. The first-order valence-corrected chi connectivity index (χ1v) is 7.50. The van der Waals surface area contributed by atoms with E-state index in [1.807, 2.05) is 6.07 Å². The molecule has 17 heavy (non-hydrogen) atoms. The van der Waals surface area contributed by atoms with Crippen molar-refractivity contribution in [2.24, 2.45) is 0 Å². The molecule has 0 atom stereocenters. The maximum Gasteiger partial charge on any atom is 0.266 e. The molecule has 0 radical (unpaired) electrons. The van der Waals surface area contributed by atoms with Crippen molar-refractivity contribution in [1.29, 1.82) is 0 Å². The predicted octanol–water partition coefficient (Wildman–Crippen LogP) is 4.08. The maximum absolute atomic E-state index is 11.8. The van der Waals surface area contributed by atoms with Crippen molar-refractivity contribution in [3.63, 3.8) is 0 Å². The molecule has 2 rings (SSSR count). The van der Waals surface area contributed by atoms with Gasteiger partial charge in [-0.3, -0.25) is 4.79 Å². The number of halogens is 3. The van der Waals surface area contributed by atoms with Crippen molar-refractivity contribution in [1.82, 2.24) is 9.97 Å². The summed E-state index contributed by atoms with van der Waals surface area (Å²) in [5.41, 5.74) is 0. The van der Waals surface area contributed by atoms with Gasteiger partial charge in [0.15, 0.2) is 5.82 Å². The van der Waals surface area contributed by atoms with E-state index in [4.69, 9.17) is 0 Å². The van der Waals surface area contributed by atoms with E-state index in [1.54, 1.807) is 6.07 Å². The van der Waals surface area contributed by atoms with Gasteiger partial charge < -0.3 is 5.32 Å². The molecule has 0 spiro atoms. The Morgan fingerprint density at radius 3 is 2.65 bits per heavy atom. The van der Waals surface area contributed by atoms with E-state index in [-0.39, 0.29) is 5.91 Å². The second-order valence-corrected chi connectivity index (χ2v) is 6.92. The third kappa shape index (κ3) is 3.34. The summed E-state index contributed by atoms with van der Waals surface area (Å²) in [5, 5.41) is 2.68. The number of carbonyl (C=O) groups excluding carboxylic acids is 1. The molecular formula is C9H4Br3N3OS. The van der Waals surface area contributed by atoms with Gasteiger partial charge in [-0.2, -0.15) is 0 Å². The highest BCUT2D eigenvalue weighted by molar-refractivity contribution is 9.11. The summed E-state index contributed by atoms with van der Waals surface area (Å²) in [7, 11) is 0. The average Bonchev–Trinajstić information content (AvgIpc) is 2.69. The molecule has 0 saturated carbocycles. The third-order valence-corrected chi connectivity index (χ3v) is 4.29. The van der Waals surface area contributed by atoms with Gasteiger partial charge in [0, 0.05) is 0 Å². The molecule has 0 fully saturated rings. The topological polar surface area (TPSA) is 54.9 Å². The normalized spacial score (nSPS) is 10.3. The molecule has 0 aromatic carbocycles. The Morgan fingerprint density at radius 2 is 2.06 bits per heavy atom. The number of hydrogen-bond donors (Lipinski definition) is 1. The number of amides is 1. The van der Waals surface area contributed by atoms with Crippen LogP contribution >= 0.6 is 59.1 Å². The van der Waals surface area contributed by atoms with Crippen LogP contribution in [0.4, 0.5) is 5.82 Å². The van der Waals surface area contributed by atoms with Crippen molar-refractivity contribution in [2.75, 3.05) is 5.32 Å². The van der Waals surface area contributed by atoms with Crippen molar-refractivity contribution >= 4 is 70.9 Å². The number of nitrogens with one attached hydrogen (secondary N) is 1. The highest BCUT2D eigenvalue weighted by Gasteiger charge is 2.12. The Labute approximate surface area is 126 Å². The third-order valence-electron chi connectivity index (χ3n) is 1.73. The second-order valence-electron chi connectivity index (χ2n) is 2.89. The monoisotopic (exact) mass is 439 g/mol. The number of anilines is 1. The van der Waals surface area contributed by atoms with Crippen molar-refractivity contribution in [3.8, 4) is 0 Å². The van der Waals surface area contributed by atoms with E-state index in [0.29, 0.717) is 19.9 Å². The van der Waals surface area contributed by atoms with Gasteiger partial charge in [0.2, 0.25) is 0 Å². The van der Waals surface area contributed by atoms with Gasteiger partial charge in [0.05, 0.1) is 14.9 Å². The SMILES string of the molecule is O=C(Nc1ncc(Br)nc1Br)c1ccc(Br)s1. The first-order chi connectivity index (χ1) is 8.06. The molecule has 2 aromatic rings. The Kier molecular flexibility index (Phi) is 4.29. The molecule has 2 heterocycles. The largest absolute Gasteiger partial charge is 0.304 e. The first kappa shape index (κ1) is 13.1. The minimum absolute atomic E-state index is 0.210. The zero-order valence-corrected chi connectivity index (χ0v) is 13.7. The lowest BCUT2D eigenvalue weighted by atomic mass is 10.4. The van der Waals surface area contributed by atoms with Crippen LogP contribution in [0.5, 0.6) is 0 Å². The summed E-state index contributed by atoms with van der Waals surface area (Å²) in [5.74, 6) is 0.181. The summed E-state index contributed by atoms with van der Waals surface area (Å²) >= 11 is 11.1. The van der Waals surface area contributed by atoms with Crippen LogP contribution in [0.25, 0.3) is 0 Å². The molecule has 0 aliphatic carbocycles. The Hall–Kier alpha value is -0.310. The van der Waals surface area contributed by atoms with Crippen LogP contribution in [-0.2, 0) is 0 Å². The molecular weight excluding hydrogens is 438 g/mol. The number of nitrogens with zero attached hydrogens (tertiary/aromatic N) is 2. The van der Waals surface area contributed by atoms with E-state index in [2.05, 4.69) is 63.1 Å². The van der Waals surface area contributed by atoms with Crippen molar-refractivity contribution < 1.29 is 4.79 Å². The van der Waals surface area contributed by atoms with Gasteiger partial charge in [0.25, 0.3) is 5.91 Å². The van der Waals surface area contributed by atoms with Crippen LogP contribution in [0, 0.1) is 0 Å². The second kappa shape index (κ2) is 5.55. The van der Waals surface area contributed by atoms with Gasteiger partial charge in [-0.1, -0.05) is 0 Å². The summed E-state index contributed by atoms with van der Waals surface area (Å²) in [6.45, 7) is 0. The molecule has 0 saturated heterocycles.